The van der Waals surface area contributed by atoms with Crippen LogP contribution in [0.5, 0.6) is 0 Å². The van der Waals surface area contributed by atoms with Crippen LogP contribution in [0.4, 0.5) is 5.95 Å². The van der Waals surface area contributed by atoms with Gasteiger partial charge in [-0.2, -0.15) is 0 Å². The summed E-state index contributed by atoms with van der Waals surface area (Å²) < 4.78 is 2.11. The van der Waals surface area contributed by atoms with E-state index in [-0.39, 0.29) is 5.92 Å². The molecule has 1 unspecified atom stereocenters. The van der Waals surface area contributed by atoms with Crippen LogP contribution in [-0.2, 0) is 6.54 Å². The third kappa shape index (κ3) is 2.52. The van der Waals surface area contributed by atoms with Crippen LogP contribution in [-0.4, -0.2) is 27.9 Å². The number of hydrogen-bond acceptors (Lipinski definition) is 4. The molecule has 0 fully saturated rings. The van der Waals surface area contributed by atoms with E-state index in [0.29, 0.717) is 12.5 Å². The first-order valence-corrected chi connectivity index (χ1v) is 6.02. The molecule has 0 aliphatic carbocycles. The lowest BCUT2D eigenvalue weighted by molar-refractivity contribution is 0.463. The van der Waals surface area contributed by atoms with Gasteiger partial charge in [0.25, 0.3) is 0 Å². The van der Waals surface area contributed by atoms with Crippen molar-refractivity contribution in [3.05, 3.63) is 5.82 Å². The molecule has 92 valence electrons. The number of rotatable bonds is 6. The van der Waals surface area contributed by atoms with Crippen molar-refractivity contribution in [1.82, 2.24) is 14.8 Å². The van der Waals surface area contributed by atoms with Gasteiger partial charge in [-0.1, -0.05) is 13.8 Å². The Kier molecular flexibility index (Phi) is 4.73. The lowest BCUT2D eigenvalue weighted by atomic mass is 9.95. The molecule has 1 aromatic heterocycles. The van der Waals surface area contributed by atoms with Crippen LogP contribution in [0, 0.1) is 5.92 Å². The van der Waals surface area contributed by atoms with Gasteiger partial charge in [0.1, 0.15) is 5.82 Å². The summed E-state index contributed by atoms with van der Waals surface area (Å²) in [5, 5.41) is 11.7. The Balaban J connectivity index is 3.03. The Morgan fingerprint density at radius 1 is 1.31 bits per heavy atom. The van der Waals surface area contributed by atoms with Crippen LogP contribution < -0.4 is 11.1 Å². The van der Waals surface area contributed by atoms with Crippen molar-refractivity contribution in [2.75, 3.05) is 18.4 Å². The molecule has 0 spiro atoms. The zero-order valence-corrected chi connectivity index (χ0v) is 10.7. The minimum absolute atomic E-state index is 0.278. The molecule has 0 bridgehead atoms. The second kappa shape index (κ2) is 5.84. The fraction of sp³-hybridized carbons (Fsp3) is 0.818. The van der Waals surface area contributed by atoms with E-state index in [0.717, 1.165) is 24.9 Å². The Morgan fingerprint density at radius 3 is 2.44 bits per heavy atom. The standard InChI is InChI=1S/C11H23N5/c1-5-13-11-15-14-10(16(11)6-2)9(7-12)8(3)4/h8-9H,5-7,12H2,1-4H3,(H,13,15). The number of aromatic nitrogens is 3. The van der Waals surface area contributed by atoms with E-state index in [1.54, 1.807) is 0 Å². The molecule has 5 nitrogen and oxygen atoms in total. The highest BCUT2D eigenvalue weighted by molar-refractivity contribution is 5.26. The quantitative estimate of drug-likeness (QED) is 0.768. The molecule has 1 atom stereocenters. The van der Waals surface area contributed by atoms with Gasteiger partial charge in [0.05, 0.1) is 0 Å². The maximum atomic E-state index is 5.81. The van der Waals surface area contributed by atoms with Crippen LogP contribution in [0.1, 0.15) is 39.4 Å². The first kappa shape index (κ1) is 13.0. The molecule has 0 amide bonds. The topological polar surface area (TPSA) is 68.8 Å². The van der Waals surface area contributed by atoms with E-state index < -0.39 is 0 Å². The molecule has 3 N–H and O–H groups in total. The molecule has 1 heterocycles. The molecule has 5 heteroatoms. The van der Waals surface area contributed by atoms with E-state index in [2.05, 4.69) is 47.8 Å². The second-order valence-electron chi connectivity index (χ2n) is 4.24. The summed E-state index contributed by atoms with van der Waals surface area (Å²) in [7, 11) is 0. The van der Waals surface area contributed by atoms with Crippen LogP contribution in [0.15, 0.2) is 0 Å². The highest BCUT2D eigenvalue weighted by atomic mass is 15.3. The summed E-state index contributed by atoms with van der Waals surface area (Å²) in [6, 6.07) is 0. The maximum Gasteiger partial charge on any atom is 0.224 e. The minimum atomic E-state index is 0.278. The van der Waals surface area contributed by atoms with Crippen molar-refractivity contribution in [1.29, 1.82) is 0 Å². The molecule has 0 saturated heterocycles. The minimum Gasteiger partial charge on any atom is -0.355 e. The largest absolute Gasteiger partial charge is 0.355 e. The van der Waals surface area contributed by atoms with Crippen LogP contribution in [0.25, 0.3) is 0 Å². The zero-order valence-electron chi connectivity index (χ0n) is 10.7. The summed E-state index contributed by atoms with van der Waals surface area (Å²) in [6.07, 6.45) is 0. The number of nitrogens with two attached hydrogens (primary N) is 1. The van der Waals surface area contributed by atoms with Crippen LogP contribution >= 0.6 is 0 Å². The molecule has 1 aromatic rings. The Morgan fingerprint density at radius 2 is 2.00 bits per heavy atom. The number of nitrogens with one attached hydrogen (secondary N) is 1. The third-order valence-electron chi connectivity index (χ3n) is 2.82. The first-order valence-electron chi connectivity index (χ1n) is 6.02. The maximum absolute atomic E-state index is 5.81. The van der Waals surface area contributed by atoms with Gasteiger partial charge in [-0.3, -0.25) is 4.57 Å². The summed E-state index contributed by atoms with van der Waals surface area (Å²) in [5.41, 5.74) is 5.81. The summed E-state index contributed by atoms with van der Waals surface area (Å²) in [5.74, 6) is 2.60. The van der Waals surface area contributed by atoms with Gasteiger partial charge in [-0.25, -0.2) is 0 Å². The van der Waals surface area contributed by atoms with E-state index in [9.17, 15) is 0 Å². The molecular formula is C11H23N5. The van der Waals surface area contributed by atoms with Gasteiger partial charge in [-0.05, 0) is 19.8 Å². The van der Waals surface area contributed by atoms with Gasteiger partial charge in [0.2, 0.25) is 5.95 Å². The summed E-state index contributed by atoms with van der Waals surface area (Å²) in [4.78, 5) is 0. The average molecular weight is 225 g/mol. The summed E-state index contributed by atoms with van der Waals surface area (Å²) in [6.45, 7) is 10.8. The van der Waals surface area contributed by atoms with E-state index >= 15 is 0 Å². The molecule has 1 rings (SSSR count). The Hall–Kier alpha value is -1.10. The summed E-state index contributed by atoms with van der Waals surface area (Å²) >= 11 is 0. The van der Waals surface area contributed by atoms with Gasteiger partial charge >= 0.3 is 0 Å². The van der Waals surface area contributed by atoms with E-state index in [1.165, 1.54) is 0 Å². The van der Waals surface area contributed by atoms with Gasteiger partial charge in [0.15, 0.2) is 0 Å². The van der Waals surface area contributed by atoms with Gasteiger partial charge in [0, 0.05) is 25.6 Å². The molecule has 0 aliphatic rings. The first-order chi connectivity index (χ1) is 7.65. The zero-order chi connectivity index (χ0) is 12.1. The molecule has 0 aliphatic heterocycles. The molecular weight excluding hydrogens is 202 g/mol. The second-order valence-corrected chi connectivity index (χ2v) is 4.24. The van der Waals surface area contributed by atoms with Crippen molar-refractivity contribution >= 4 is 5.95 Å². The van der Waals surface area contributed by atoms with E-state index in [1.807, 2.05) is 0 Å². The number of nitrogens with zero attached hydrogens (tertiary/aromatic N) is 3. The number of hydrogen-bond donors (Lipinski definition) is 2. The normalized spacial score (nSPS) is 13.1. The lowest BCUT2D eigenvalue weighted by Gasteiger charge is -2.19. The van der Waals surface area contributed by atoms with Crippen molar-refractivity contribution in [2.45, 2.75) is 40.2 Å². The molecule has 0 aromatic carbocycles. The highest BCUT2D eigenvalue weighted by Gasteiger charge is 2.21. The van der Waals surface area contributed by atoms with Gasteiger partial charge in [-0.15, -0.1) is 10.2 Å². The van der Waals surface area contributed by atoms with Crippen LogP contribution in [0.3, 0.4) is 0 Å². The lowest BCUT2D eigenvalue weighted by Crippen LogP contribution is -2.22. The fourth-order valence-electron chi connectivity index (χ4n) is 1.87. The highest BCUT2D eigenvalue weighted by Crippen LogP contribution is 2.23. The third-order valence-corrected chi connectivity index (χ3v) is 2.82. The average Bonchev–Trinajstić information content (AvgIpc) is 2.62. The van der Waals surface area contributed by atoms with Gasteiger partial charge < -0.3 is 11.1 Å². The number of anilines is 1. The van der Waals surface area contributed by atoms with Crippen LogP contribution in [0.2, 0.25) is 0 Å². The smallest absolute Gasteiger partial charge is 0.224 e. The van der Waals surface area contributed by atoms with Crippen molar-refractivity contribution in [3.63, 3.8) is 0 Å². The van der Waals surface area contributed by atoms with Crippen molar-refractivity contribution in [2.24, 2.45) is 11.7 Å². The van der Waals surface area contributed by atoms with E-state index in [4.69, 9.17) is 5.73 Å². The predicted octanol–water partition coefficient (Wildman–Crippen LogP) is 1.43. The van der Waals surface area contributed by atoms with Crippen molar-refractivity contribution < 1.29 is 0 Å². The predicted molar refractivity (Wildman–Crippen MR) is 66.5 cm³/mol. The molecule has 16 heavy (non-hydrogen) atoms. The Bertz CT molecular complexity index is 318. The van der Waals surface area contributed by atoms with Crippen molar-refractivity contribution in [3.8, 4) is 0 Å². The molecule has 0 radical (unpaired) electrons. The molecule has 0 saturated carbocycles. The SMILES string of the molecule is CCNc1nnc(C(CN)C(C)C)n1CC. The fourth-order valence-corrected chi connectivity index (χ4v) is 1.87. The monoisotopic (exact) mass is 225 g/mol. The Labute approximate surface area is 97.4 Å².